The monoisotopic (exact) mass is 294 g/mol. The highest BCUT2D eigenvalue weighted by Gasteiger charge is 2.23. The van der Waals surface area contributed by atoms with Crippen LogP contribution < -0.4 is 11.1 Å². The van der Waals surface area contributed by atoms with Crippen LogP contribution in [0.15, 0.2) is 17.5 Å². The Morgan fingerprint density at radius 1 is 1.40 bits per heavy atom. The lowest BCUT2D eigenvalue weighted by atomic mass is 9.84. The van der Waals surface area contributed by atoms with E-state index < -0.39 is 0 Å². The summed E-state index contributed by atoms with van der Waals surface area (Å²) in [4.78, 5) is 13.4. The molecule has 1 amide bonds. The lowest BCUT2D eigenvalue weighted by molar-refractivity contribution is -0.122. The van der Waals surface area contributed by atoms with E-state index in [1.54, 1.807) is 11.3 Å². The van der Waals surface area contributed by atoms with E-state index in [-0.39, 0.29) is 11.9 Å². The number of nitrogens with one attached hydrogen (secondary N) is 1. The van der Waals surface area contributed by atoms with E-state index in [1.807, 2.05) is 0 Å². The maximum absolute atomic E-state index is 12.0. The number of nitrogens with two attached hydrogens (primary N) is 1. The van der Waals surface area contributed by atoms with Crippen LogP contribution in [0.3, 0.4) is 0 Å². The molecule has 20 heavy (non-hydrogen) atoms. The van der Waals surface area contributed by atoms with Crippen molar-refractivity contribution in [1.29, 1.82) is 0 Å². The van der Waals surface area contributed by atoms with Crippen molar-refractivity contribution in [3.8, 4) is 0 Å². The quantitative estimate of drug-likeness (QED) is 0.812. The minimum atomic E-state index is 0.169. The lowest BCUT2D eigenvalue weighted by Gasteiger charge is -2.30. The summed E-state index contributed by atoms with van der Waals surface area (Å²) in [5.41, 5.74) is 5.84. The molecule has 1 aromatic heterocycles. The van der Waals surface area contributed by atoms with Gasteiger partial charge in [0.1, 0.15) is 0 Å². The molecule has 4 heteroatoms. The van der Waals surface area contributed by atoms with Crippen molar-refractivity contribution in [3.05, 3.63) is 22.4 Å². The molecule has 1 aromatic rings. The highest BCUT2D eigenvalue weighted by Crippen LogP contribution is 2.26. The molecular weight excluding hydrogens is 268 g/mol. The molecule has 1 heterocycles. The van der Waals surface area contributed by atoms with Crippen molar-refractivity contribution in [2.24, 2.45) is 11.7 Å². The minimum absolute atomic E-state index is 0.169. The third-order valence-corrected chi connectivity index (χ3v) is 5.16. The maximum atomic E-state index is 12.0. The molecule has 2 rings (SSSR count). The van der Waals surface area contributed by atoms with E-state index >= 15 is 0 Å². The van der Waals surface area contributed by atoms with E-state index in [9.17, 15) is 4.79 Å². The molecule has 1 fully saturated rings. The Labute approximate surface area is 125 Å². The van der Waals surface area contributed by atoms with Crippen LogP contribution in [0, 0.1) is 5.92 Å². The molecule has 3 nitrogen and oxygen atoms in total. The molecule has 1 aliphatic rings. The van der Waals surface area contributed by atoms with Gasteiger partial charge in [-0.25, -0.2) is 0 Å². The summed E-state index contributed by atoms with van der Waals surface area (Å²) in [5.74, 6) is 0.762. The first-order chi connectivity index (χ1) is 9.79. The normalized spacial score (nSPS) is 17.9. The van der Waals surface area contributed by atoms with Gasteiger partial charge in [0, 0.05) is 23.9 Å². The first-order valence-electron chi connectivity index (χ1n) is 7.81. The van der Waals surface area contributed by atoms with Crippen molar-refractivity contribution in [1.82, 2.24) is 5.32 Å². The Balaban J connectivity index is 1.68. The number of thiophene rings is 1. The first kappa shape index (κ1) is 15.5. The highest BCUT2D eigenvalue weighted by molar-refractivity contribution is 7.09. The summed E-state index contributed by atoms with van der Waals surface area (Å²) >= 11 is 1.76. The van der Waals surface area contributed by atoms with Crippen molar-refractivity contribution in [3.63, 3.8) is 0 Å². The van der Waals surface area contributed by atoms with Gasteiger partial charge in [-0.15, -0.1) is 11.3 Å². The molecule has 0 aliphatic heterocycles. The van der Waals surface area contributed by atoms with Gasteiger partial charge in [-0.2, -0.15) is 0 Å². The van der Waals surface area contributed by atoms with Crippen molar-refractivity contribution >= 4 is 17.2 Å². The standard InChI is InChI=1S/C16H26N2OS/c17-12-15(13-6-2-1-3-7-13)18-16(19)10-4-8-14-9-5-11-20-14/h5,9,11,13,15H,1-4,6-8,10,12,17H2,(H,18,19). The smallest absolute Gasteiger partial charge is 0.220 e. The van der Waals surface area contributed by atoms with E-state index in [1.165, 1.54) is 37.0 Å². The summed E-state index contributed by atoms with van der Waals surface area (Å²) < 4.78 is 0. The molecule has 1 unspecified atom stereocenters. The molecule has 0 radical (unpaired) electrons. The van der Waals surface area contributed by atoms with Gasteiger partial charge in [-0.05, 0) is 43.0 Å². The number of carbonyl (C=O) groups excluding carboxylic acids is 1. The van der Waals surface area contributed by atoms with E-state index in [4.69, 9.17) is 5.73 Å². The maximum Gasteiger partial charge on any atom is 0.220 e. The van der Waals surface area contributed by atoms with Crippen LogP contribution >= 0.6 is 11.3 Å². The van der Waals surface area contributed by atoms with Gasteiger partial charge in [0.25, 0.3) is 0 Å². The highest BCUT2D eigenvalue weighted by atomic mass is 32.1. The van der Waals surface area contributed by atoms with Gasteiger partial charge in [-0.1, -0.05) is 25.3 Å². The molecule has 0 aromatic carbocycles. The molecular formula is C16H26N2OS. The molecule has 3 N–H and O–H groups in total. The first-order valence-corrected chi connectivity index (χ1v) is 8.69. The zero-order valence-electron chi connectivity index (χ0n) is 12.1. The van der Waals surface area contributed by atoms with Crippen LogP contribution in [0.5, 0.6) is 0 Å². The van der Waals surface area contributed by atoms with Gasteiger partial charge < -0.3 is 11.1 Å². The van der Waals surface area contributed by atoms with Crippen LogP contribution in [0.4, 0.5) is 0 Å². The van der Waals surface area contributed by atoms with Crippen LogP contribution in [0.25, 0.3) is 0 Å². The second-order valence-electron chi connectivity index (χ2n) is 5.74. The van der Waals surface area contributed by atoms with Crippen LogP contribution in [0.2, 0.25) is 0 Å². The van der Waals surface area contributed by atoms with Gasteiger partial charge in [0.05, 0.1) is 0 Å². The summed E-state index contributed by atoms with van der Waals surface area (Å²) in [6, 6.07) is 4.38. The van der Waals surface area contributed by atoms with E-state index in [0.29, 0.717) is 18.9 Å². The summed E-state index contributed by atoms with van der Waals surface area (Å²) in [7, 11) is 0. The van der Waals surface area contributed by atoms with Gasteiger partial charge in [0.2, 0.25) is 5.91 Å². The van der Waals surface area contributed by atoms with Crippen LogP contribution in [0.1, 0.15) is 49.8 Å². The molecule has 1 atom stereocenters. The fraction of sp³-hybridized carbons (Fsp3) is 0.688. The number of amides is 1. The molecule has 0 spiro atoms. The third-order valence-electron chi connectivity index (χ3n) is 4.23. The third kappa shape index (κ3) is 4.91. The predicted molar refractivity (Wildman–Crippen MR) is 84.8 cm³/mol. The second kappa shape index (κ2) is 8.42. The fourth-order valence-corrected chi connectivity index (χ4v) is 3.81. The zero-order valence-corrected chi connectivity index (χ0v) is 13.0. The summed E-state index contributed by atoms with van der Waals surface area (Å²) in [6.07, 6.45) is 8.89. The minimum Gasteiger partial charge on any atom is -0.352 e. The fourth-order valence-electron chi connectivity index (χ4n) is 3.06. The number of hydrogen-bond donors (Lipinski definition) is 2. The average Bonchev–Trinajstić information content (AvgIpc) is 2.99. The zero-order chi connectivity index (χ0) is 14.2. The number of carbonyl (C=O) groups is 1. The molecule has 1 aliphatic carbocycles. The Hall–Kier alpha value is -0.870. The largest absolute Gasteiger partial charge is 0.352 e. The lowest BCUT2D eigenvalue weighted by Crippen LogP contribution is -2.45. The predicted octanol–water partition coefficient (Wildman–Crippen LogP) is 3.09. The van der Waals surface area contributed by atoms with Crippen molar-refractivity contribution in [2.75, 3.05) is 6.54 Å². The van der Waals surface area contributed by atoms with E-state index in [2.05, 4.69) is 22.8 Å². The molecule has 1 saturated carbocycles. The summed E-state index contributed by atoms with van der Waals surface area (Å²) in [6.45, 7) is 0.571. The van der Waals surface area contributed by atoms with E-state index in [0.717, 1.165) is 12.8 Å². The topological polar surface area (TPSA) is 55.1 Å². The van der Waals surface area contributed by atoms with Gasteiger partial charge >= 0.3 is 0 Å². The molecule has 0 saturated heterocycles. The Morgan fingerprint density at radius 3 is 2.85 bits per heavy atom. The Kier molecular flexibility index (Phi) is 6.54. The van der Waals surface area contributed by atoms with Gasteiger partial charge in [-0.3, -0.25) is 4.79 Å². The number of hydrogen-bond acceptors (Lipinski definition) is 3. The average molecular weight is 294 g/mol. The van der Waals surface area contributed by atoms with Crippen molar-refractivity contribution < 1.29 is 4.79 Å². The number of rotatable bonds is 7. The SMILES string of the molecule is NCC(NC(=O)CCCc1cccs1)C1CCCCC1. The van der Waals surface area contributed by atoms with Crippen LogP contribution in [-0.4, -0.2) is 18.5 Å². The van der Waals surface area contributed by atoms with Crippen molar-refractivity contribution in [2.45, 2.75) is 57.4 Å². The number of aryl methyl sites for hydroxylation is 1. The molecule has 112 valence electrons. The summed E-state index contributed by atoms with van der Waals surface area (Å²) in [5, 5.41) is 5.24. The second-order valence-corrected chi connectivity index (χ2v) is 6.77. The Bertz CT molecular complexity index is 385. The van der Waals surface area contributed by atoms with Crippen LogP contribution in [-0.2, 0) is 11.2 Å². The molecule has 0 bridgehead atoms. The van der Waals surface area contributed by atoms with Gasteiger partial charge in [0.15, 0.2) is 0 Å². The Morgan fingerprint density at radius 2 is 2.20 bits per heavy atom.